The van der Waals surface area contributed by atoms with Crippen LogP contribution in [0.5, 0.6) is 5.75 Å². The van der Waals surface area contributed by atoms with E-state index in [-0.39, 0.29) is 5.56 Å². The van der Waals surface area contributed by atoms with Gasteiger partial charge in [0.15, 0.2) is 5.65 Å². The first kappa shape index (κ1) is 14.3. The maximum absolute atomic E-state index is 12.3. The van der Waals surface area contributed by atoms with Crippen molar-refractivity contribution in [3.8, 4) is 5.75 Å². The summed E-state index contributed by atoms with van der Waals surface area (Å²) in [5.74, 6) is 0.881. The Morgan fingerprint density at radius 3 is 2.68 bits per heavy atom. The highest BCUT2D eigenvalue weighted by atomic mass is 16.5. The Morgan fingerprint density at radius 1 is 1.23 bits per heavy atom. The maximum Gasteiger partial charge on any atom is 0.264 e. The quantitative estimate of drug-likeness (QED) is 0.737. The summed E-state index contributed by atoms with van der Waals surface area (Å²) >= 11 is 0. The molecule has 2 aromatic heterocycles. The predicted octanol–water partition coefficient (Wildman–Crippen LogP) is 1.83. The van der Waals surface area contributed by atoms with Crippen LogP contribution in [0.1, 0.15) is 11.1 Å². The fraction of sp³-hybridized carbons (Fsp3) is 0.312. The largest absolute Gasteiger partial charge is 0.491 e. The summed E-state index contributed by atoms with van der Waals surface area (Å²) in [7, 11) is 1.77. The van der Waals surface area contributed by atoms with E-state index >= 15 is 0 Å². The maximum atomic E-state index is 12.3. The van der Waals surface area contributed by atoms with E-state index in [1.54, 1.807) is 28.8 Å². The molecule has 6 nitrogen and oxygen atoms in total. The Morgan fingerprint density at radius 2 is 1.95 bits per heavy atom. The van der Waals surface area contributed by atoms with Gasteiger partial charge in [0.25, 0.3) is 5.56 Å². The van der Waals surface area contributed by atoms with Gasteiger partial charge >= 0.3 is 0 Å². The van der Waals surface area contributed by atoms with Gasteiger partial charge in [-0.15, -0.1) is 0 Å². The number of hydrogen-bond donors (Lipinski definition) is 0. The van der Waals surface area contributed by atoms with E-state index in [9.17, 15) is 4.79 Å². The Bertz CT molecular complexity index is 859. The fourth-order valence-corrected chi connectivity index (χ4v) is 2.50. The molecule has 6 heteroatoms. The summed E-state index contributed by atoms with van der Waals surface area (Å²) in [5.41, 5.74) is 2.68. The van der Waals surface area contributed by atoms with Crippen LogP contribution >= 0.6 is 0 Å². The summed E-state index contributed by atoms with van der Waals surface area (Å²) in [4.78, 5) is 16.6. The molecule has 0 fully saturated rings. The lowest BCUT2D eigenvalue weighted by molar-refractivity contribution is 0.292. The van der Waals surface area contributed by atoms with E-state index in [2.05, 4.69) is 10.1 Å². The molecule has 2 heterocycles. The van der Waals surface area contributed by atoms with Gasteiger partial charge in [0.2, 0.25) is 0 Å². The highest BCUT2D eigenvalue weighted by Crippen LogP contribution is 2.22. The lowest BCUT2D eigenvalue weighted by atomic mass is 10.1. The van der Waals surface area contributed by atoms with Crippen LogP contribution in [0.25, 0.3) is 11.0 Å². The number of ether oxygens (including phenoxy) is 1. The molecule has 0 unspecified atom stereocenters. The van der Waals surface area contributed by atoms with Crippen molar-refractivity contribution in [3.63, 3.8) is 0 Å². The lowest BCUT2D eigenvalue weighted by Crippen LogP contribution is -2.23. The molecule has 0 aliphatic carbocycles. The predicted molar refractivity (Wildman–Crippen MR) is 84.2 cm³/mol. The van der Waals surface area contributed by atoms with Crippen LogP contribution < -0.4 is 10.3 Å². The van der Waals surface area contributed by atoms with Gasteiger partial charge in [-0.05, 0) is 25.0 Å². The zero-order valence-electron chi connectivity index (χ0n) is 12.9. The lowest BCUT2D eigenvalue weighted by Gasteiger charge is -2.12. The Hall–Kier alpha value is -2.63. The third kappa shape index (κ3) is 2.47. The fourth-order valence-electron chi connectivity index (χ4n) is 2.50. The van der Waals surface area contributed by atoms with Crippen molar-refractivity contribution in [2.75, 3.05) is 6.61 Å². The van der Waals surface area contributed by atoms with Crippen molar-refractivity contribution < 1.29 is 4.74 Å². The second-order valence-electron chi connectivity index (χ2n) is 5.32. The molecule has 114 valence electrons. The van der Waals surface area contributed by atoms with Gasteiger partial charge in [-0.25, -0.2) is 4.98 Å². The molecule has 0 saturated heterocycles. The van der Waals surface area contributed by atoms with Gasteiger partial charge in [-0.3, -0.25) is 14.0 Å². The molecular formula is C16H18N4O2. The van der Waals surface area contributed by atoms with Crippen molar-refractivity contribution in [3.05, 3.63) is 52.2 Å². The number of aromatic nitrogens is 4. The summed E-state index contributed by atoms with van der Waals surface area (Å²) in [6, 6.07) is 6.03. The van der Waals surface area contributed by atoms with Gasteiger partial charge in [0, 0.05) is 7.05 Å². The molecule has 0 atom stereocenters. The topological polar surface area (TPSA) is 61.9 Å². The molecule has 0 aliphatic rings. The van der Waals surface area contributed by atoms with E-state index < -0.39 is 0 Å². The van der Waals surface area contributed by atoms with Crippen LogP contribution in [0.2, 0.25) is 0 Å². The smallest absolute Gasteiger partial charge is 0.264 e. The van der Waals surface area contributed by atoms with E-state index in [4.69, 9.17) is 4.74 Å². The van der Waals surface area contributed by atoms with E-state index in [1.165, 1.54) is 0 Å². The SMILES string of the molecule is Cc1cccc(C)c1OCCn1cnc2c(cnn2C)c1=O. The normalized spacial score (nSPS) is 11.0. The highest BCUT2D eigenvalue weighted by molar-refractivity contribution is 5.72. The minimum absolute atomic E-state index is 0.0943. The van der Waals surface area contributed by atoms with Gasteiger partial charge in [0.05, 0.1) is 12.7 Å². The van der Waals surface area contributed by atoms with Crippen LogP contribution in [-0.2, 0) is 13.6 Å². The van der Waals surface area contributed by atoms with Crippen LogP contribution in [0.4, 0.5) is 0 Å². The monoisotopic (exact) mass is 298 g/mol. The van der Waals surface area contributed by atoms with Gasteiger partial charge in [0.1, 0.15) is 24.1 Å². The number of hydrogen-bond acceptors (Lipinski definition) is 4. The van der Waals surface area contributed by atoms with E-state index in [0.717, 1.165) is 16.9 Å². The minimum Gasteiger partial charge on any atom is -0.491 e. The third-order valence-electron chi connectivity index (χ3n) is 3.71. The number of fused-ring (bicyclic) bond motifs is 1. The first-order valence-corrected chi connectivity index (χ1v) is 7.14. The third-order valence-corrected chi connectivity index (χ3v) is 3.71. The molecule has 22 heavy (non-hydrogen) atoms. The molecule has 0 saturated carbocycles. The van der Waals surface area contributed by atoms with Crippen LogP contribution in [0, 0.1) is 13.8 Å². The zero-order valence-corrected chi connectivity index (χ0v) is 12.9. The van der Waals surface area contributed by atoms with Crippen LogP contribution in [0.15, 0.2) is 35.5 Å². The molecule has 0 spiro atoms. The molecule has 3 aromatic rings. The van der Waals surface area contributed by atoms with E-state index in [1.807, 2.05) is 32.0 Å². The molecule has 0 bridgehead atoms. The minimum atomic E-state index is -0.0943. The number of aryl methyl sites for hydroxylation is 3. The number of nitrogens with zero attached hydrogens (tertiary/aromatic N) is 4. The molecule has 0 amide bonds. The van der Waals surface area contributed by atoms with Gasteiger partial charge < -0.3 is 4.74 Å². The first-order valence-electron chi connectivity index (χ1n) is 7.14. The summed E-state index contributed by atoms with van der Waals surface area (Å²) in [5, 5.41) is 4.58. The Balaban J connectivity index is 1.77. The van der Waals surface area contributed by atoms with Crippen molar-refractivity contribution >= 4 is 11.0 Å². The van der Waals surface area contributed by atoms with Gasteiger partial charge in [-0.1, -0.05) is 18.2 Å². The van der Waals surface area contributed by atoms with Crippen molar-refractivity contribution in [2.24, 2.45) is 7.05 Å². The van der Waals surface area contributed by atoms with Crippen molar-refractivity contribution in [1.29, 1.82) is 0 Å². The summed E-state index contributed by atoms with van der Waals surface area (Å²) < 4.78 is 8.98. The molecular weight excluding hydrogens is 280 g/mol. The van der Waals surface area contributed by atoms with E-state index in [0.29, 0.717) is 24.2 Å². The number of para-hydroxylation sites is 1. The molecule has 0 aliphatic heterocycles. The molecule has 0 N–H and O–H groups in total. The number of rotatable bonds is 4. The first-order chi connectivity index (χ1) is 10.6. The molecule has 0 radical (unpaired) electrons. The number of benzene rings is 1. The van der Waals surface area contributed by atoms with Crippen molar-refractivity contribution in [1.82, 2.24) is 19.3 Å². The molecule has 3 rings (SSSR count). The van der Waals surface area contributed by atoms with Crippen LogP contribution in [-0.4, -0.2) is 25.9 Å². The van der Waals surface area contributed by atoms with Crippen LogP contribution in [0.3, 0.4) is 0 Å². The molecule has 1 aromatic carbocycles. The second kappa shape index (κ2) is 5.63. The standard InChI is InChI=1S/C16H18N4O2/c1-11-5-4-6-12(2)14(11)22-8-7-20-10-17-15-13(16(20)21)9-18-19(15)3/h4-6,9-10H,7-8H2,1-3H3. The Labute approximate surface area is 128 Å². The summed E-state index contributed by atoms with van der Waals surface area (Å²) in [6.07, 6.45) is 3.09. The summed E-state index contributed by atoms with van der Waals surface area (Å²) in [6.45, 7) is 4.89. The second-order valence-corrected chi connectivity index (χ2v) is 5.32. The average Bonchev–Trinajstić information content (AvgIpc) is 2.87. The van der Waals surface area contributed by atoms with Crippen molar-refractivity contribution in [2.45, 2.75) is 20.4 Å². The zero-order chi connectivity index (χ0) is 15.7. The average molecular weight is 298 g/mol. The van der Waals surface area contributed by atoms with Gasteiger partial charge in [-0.2, -0.15) is 5.10 Å². The Kier molecular flexibility index (Phi) is 3.66. The highest BCUT2D eigenvalue weighted by Gasteiger charge is 2.08.